The first-order valence-corrected chi connectivity index (χ1v) is 8.84. The van der Waals surface area contributed by atoms with Crippen LogP contribution in [-0.4, -0.2) is 30.9 Å². The summed E-state index contributed by atoms with van der Waals surface area (Å²) < 4.78 is 5.13. The summed E-state index contributed by atoms with van der Waals surface area (Å²) in [6.07, 6.45) is 0.0899. The topological polar surface area (TPSA) is 75.7 Å². The number of nitrogens with one attached hydrogen (secondary N) is 1. The van der Waals surface area contributed by atoms with Crippen LogP contribution < -0.4 is 10.2 Å². The fourth-order valence-electron chi connectivity index (χ4n) is 3.12. The number of aryl methyl sites for hydroxylation is 2. The molecule has 0 saturated carbocycles. The van der Waals surface area contributed by atoms with Crippen LogP contribution >= 0.6 is 0 Å². The van der Waals surface area contributed by atoms with Gasteiger partial charge in [-0.2, -0.15) is 0 Å². The number of amides is 2. The van der Waals surface area contributed by atoms with E-state index in [4.69, 9.17) is 4.74 Å². The quantitative estimate of drug-likeness (QED) is 0.826. The van der Waals surface area contributed by atoms with Crippen molar-refractivity contribution in [2.75, 3.05) is 23.4 Å². The minimum Gasteiger partial charge on any atom is -0.455 e. The lowest BCUT2D eigenvalue weighted by molar-refractivity contribution is -0.151. The van der Waals surface area contributed by atoms with Crippen LogP contribution in [0.1, 0.15) is 17.5 Å². The molecule has 2 aromatic rings. The minimum atomic E-state index is -0.566. The van der Waals surface area contributed by atoms with Crippen molar-refractivity contribution >= 4 is 29.2 Å². The van der Waals surface area contributed by atoms with Crippen molar-refractivity contribution in [2.24, 2.45) is 5.92 Å². The van der Waals surface area contributed by atoms with Gasteiger partial charge in [0.05, 0.1) is 5.92 Å². The zero-order chi connectivity index (χ0) is 19.4. The molecular weight excluding hydrogens is 344 g/mol. The summed E-state index contributed by atoms with van der Waals surface area (Å²) in [4.78, 5) is 38.2. The summed E-state index contributed by atoms with van der Waals surface area (Å²) in [5.41, 5.74) is 3.38. The van der Waals surface area contributed by atoms with E-state index in [9.17, 15) is 14.4 Å². The van der Waals surface area contributed by atoms with E-state index >= 15 is 0 Å². The normalized spacial score (nSPS) is 16.3. The molecule has 0 radical (unpaired) electrons. The molecule has 1 fully saturated rings. The molecule has 6 nitrogen and oxygen atoms in total. The maximum Gasteiger partial charge on any atom is 0.311 e. The lowest BCUT2D eigenvalue weighted by Gasteiger charge is -2.18. The number of hydrogen-bond acceptors (Lipinski definition) is 4. The highest BCUT2D eigenvalue weighted by molar-refractivity contribution is 6.00. The number of carbonyl (C=O) groups excluding carboxylic acids is 3. The van der Waals surface area contributed by atoms with E-state index in [2.05, 4.69) is 5.32 Å². The lowest BCUT2D eigenvalue weighted by atomic mass is 10.1. The van der Waals surface area contributed by atoms with Crippen molar-refractivity contribution in [3.63, 3.8) is 0 Å². The van der Waals surface area contributed by atoms with Gasteiger partial charge in [0.1, 0.15) is 0 Å². The van der Waals surface area contributed by atoms with E-state index < -0.39 is 17.8 Å². The Labute approximate surface area is 158 Å². The summed E-state index contributed by atoms with van der Waals surface area (Å²) in [5.74, 6) is -1.61. The highest BCUT2D eigenvalue weighted by atomic mass is 16.5. The Balaban J connectivity index is 1.54. The zero-order valence-corrected chi connectivity index (χ0v) is 15.4. The Morgan fingerprint density at radius 3 is 2.44 bits per heavy atom. The molecule has 27 heavy (non-hydrogen) atoms. The summed E-state index contributed by atoms with van der Waals surface area (Å²) in [5, 5.41) is 2.71. The van der Waals surface area contributed by atoms with E-state index in [0.717, 1.165) is 16.8 Å². The van der Waals surface area contributed by atoms with E-state index in [-0.39, 0.29) is 25.5 Å². The van der Waals surface area contributed by atoms with Gasteiger partial charge in [-0.05, 0) is 37.1 Å². The largest absolute Gasteiger partial charge is 0.455 e. The zero-order valence-electron chi connectivity index (χ0n) is 15.4. The molecule has 0 unspecified atom stereocenters. The number of para-hydroxylation sites is 2. The van der Waals surface area contributed by atoms with Gasteiger partial charge in [0.15, 0.2) is 6.61 Å². The van der Waals surface area contributed by atoms with E-state index in [1.807, 2.05) is 56.3 Å². The van der Waals surface area contributed by atoms with Gasteiger partial charge in [-0.1, -0.05) is 36.4 Å². The Hall–Kier alpha value is -3.15. The first-order valence-electron chi connectivity index (χ1n) is 8.84. The SMILES string of the molecule is Cc1ccccc1NC(=O)COC(=O)[C@H]1CC(=O)N(c2ccccc2C)C1. The second-order valence-corrected chi connectivity index (χ2v) is 6.66. The number of anilines is 2. The number of benzene rings is 2. The van der Waals surface area contributed by atoms with Crippen molar-refractivity contribution in [3.05, 3.63) is 59.7 Å². The van der Waals surface area contributed by atoms with Gasteiger partial charge in [0, 0.05) is 24.3 Å². The molecule has 6 heteroatoms. The minimum absolute atomic E-state index is 0.0899. The van der Waals surface area contributed by atoms with Crippen LogP contribution in [0.5, 0.6) is 0 Å². The number of ether oxygens (including phenoxy) is 1. The molecule has 1 aliphatic heterocycles. The molecule has 1 atom stereocenters. The third-order valence-electron chi connectivity index (χ3n) is 4.63. The molecule has 0 bridgehead atoms. The third-order valence-corrected chi connectivity index (χ3v) is 4.63. The fraction of sp³-hybridized carbons (Fsp3) is 0.286. The van der Waals surface area contributed by atoms with Crippen LogP contribution in [0.2, 0.25) is 0 Å². The number of esters is 1. The van der Waals surface area contributed by atoms with Crippen LogP contribution in [0.3, 0.4) is 0 Å². The van der Waals surface area contributed by atoms with Crippen LogP contribution in [-0.2, 0) is 19.1 Å². The van der Waals surface area contributed by atoms with Gasteiger partial charge in [0.2, 0.25) is 5.91 Å². The number of carbonyl (C=O) groups is 3. The molecule has 2 aromatic carbocycles. The van der Waals surface area contributed by atoms with Crippen molar-refractivity contribution in [2.45, 2.75) is 20.3 Å². The molecular formula is C21H22N2O4. The monoisotopic (exact) mass is 366 g/mol. The third kappa shape index (κ3) is 4.34. The van der Waals surface area contributed by atoms with E-state index in [0.29, 0.717) is 5.69 Å². The summed E-state index contributed by atoms with van der Waals surface area (Å²) >= 11 is 0. The Morgan fingerprint density at radius 1 is 1.07 bits per heavy atom. The molecule has 0 spiro atoms. The number of hydrogen-bond donors (Lipinski definition) is 1. The predicted octanol–water partition coefficient (Wildman–Crippen LogP) is 2.84. The second kappa shape index (κ2) is 8.03. The maximum atomic E-state index is 12.3. The standard InChI is InChI=1S/C21H22N2O4/c1-14-7-3-5-9-17(14)22-19(24)13-27-21(26)16-11-20(25)23(12-16)18-10-6-4-8-15(18)2/h3-10,16H,11-13H2,1-2H3,(H,22,24)/t16-/m0/s1. The van der Waals surface area contributed by atoms with Gasteiger partial charge < -0.3 is 15.0 Å². The summed E-state index contributed by atoms with van der Waals surface area (Å²) in [7, 11) is 0. The van der Waals surface area contributed by atoms with Gasteiger partial charge in [-0.25, -0.2) is 0 Å². The Morgan fingerprint density at radius 2 is 1.74 bits per heavy atom. The Kier molecular flexibility index (Phi) is 5.54. The predicted molar refractivity (Wildman–Crippen MR) is 102 cm³/mol. The molecule has 1 saturated heterocycles. The number of rotatable bonds is 5. The van der Waals surface area contributed by atoms with E-state index in [1.165, 1.54) is 0 Å². The molecule has 0 aliphatic carbocycles. The molecule has 3 rings (SSSR count). The smallest absolute Gasteiger partial charge is 0.311 e. The lowest BCUT2D eigenvalue weighted by Crippen LogP contribution is -2.28. The van der Waals surface area contributed by atoms with Gasteiger partial charge >= 0.3 is 5.97 Å². The van der Waals surface area contributed by atoms with Crippen LogP contribution in [0.25, 0.3) is 0 Å². The molecule has 0 aromatic heterocycles. The molecule has 1 heterocycles. The first-order chi connectivity index (χ1) is 13.0. The summed E-state index contributed by atoms with van der Waals surface area (Å²) in [6.45, 7) is 3.69. The van der Waals surface area contributed by atoms with Crippen molar-refractivity contribution in [1.82, 2.24) is 0 Å². The van der Waals surface area contributed by atoms with Crippen molar-refractivity contribution in [3.8, 4) is 0 Å². The van der Waals surface area contributed by atoms with Gasteiger partial charge in [-0.3, -0.25) is 14.4 Å². The van der Waals surface area contributed by atoms with E-state index in [1.54, 1.807) is 11.0 Å². The van der Waals surface area contributed by atoms with Crippen molar-refractivity contribution < 1.29 is 19.1 Å². The Bertz CT molecular complexity index is 878. The molecule has 1 aliphatic rings. The first kappa shape index (κ1) is 18.6. The van der Waals surface area contributed by atoms with Crippen LogP contribution in [0.4, 0.5) is 11.4 Å². The summed E-state index contributed by atoms with van der Waals surface area (Å²) in [6, 6.07) is 14.9. The molecule has 2 amide bonds. The highest BCUT2D eigenvalue weighted by Gasteiger charge is 2.36. The molecule has 1 N–H and O–H groups in total. The second-order valence-electron chi connectivity index (χ2n) is 6.66. The average Bonchev–Trinajstić information content (AvgIpc) is 3.04. The van der Waals surface area contributed by atoms with Gasteiger partial charge in [-0.15, -0.1) is 0 Å². The maximum absolute atomic E-state index is 12.3. The van der Waals surface area contributed by atoms with Crippen molar-refractivity contribution in [1.29, 1.82) is 0 Å². The molecule has 140 valence electrons. The van der Waals surface area contributed by atoms with Crippen LogP contribution in [0, 0.1) is 19.8 Å². The number of nitrogens with zero attached hydrogens (tertiary/aromatic N) is 1. The van der Waals surface area contributed by atoms with Gasteiger partial charge in [0.25, 0.3) is 5.91 Å². The fourth-order valence-corrected chi connectivity index (χ4v) is 3.12. The average molecular weight is 366 g/mol. The van der Waals surface area contributed by atoms with Crippen LogP contribution in [0.15, 0.2) is 48.5 Å². The highest BCUT2D eigenvalue weighted by Crippen LogP contribution is 2.28.